The lowest BCUT2D eigenvalue weighted by molar-refractivity contribution is 0.0897. The number of carbonyl (C=O) groups excluding carboxylic acids is 1. The van der Waals surface area contributed by atoms with Gasteiger partial charge in [-0.1, -0.05) is 65.8 Å². The van der Waals surface area contributed by atoms with Crippen molar-refractivity contribution in [3.8, 4) is 28.1 Å². The number of aromatic nitrogens is 1. The summed E-state index contributed by atoms with van der Waals surface area (Å²) in [5.74, 6) is 0.534. The summed E-state index contributed by atoms with van der Waals surface area (Å²) in [6, 6.07) is 23.7. The van der Waals surface area contributed by atoms with Crippen LogP contribution in [-0.4, -0.2) is 38.4 Å². The number of carbonyl (C=O) groups is 1. The van der Waals surface area contributed by atoms with Crippen LogP contribution in [0.3, 0.4) is 0 Å². The summed E-state index contributed by atoms with van der Waals surface area (Å²) in [6.45, 7) is 0.307. The van der Waals surface area contributed by atoms with Crippen molar-refractivity contribution in [2.24, 2.45) is 0 Å². The lowest BCUT2D eigenvalue weighted by atomic mass is 10.0. The van der Waals surface area contributed by atoms with Crippen LogP contribution < -0.4 is 10.1 Å². The van der Waals surface area contributed by atoms with Crippen molar-refractivity contribution in [3.05, 3.63) is 90.2 Å². The van der Waals surface area contributed by atoms with E-state index in [1.807, 2.05) is 48.5 Å². The van der Waals surface area contributed by atoms with Gasteiger partial charge in [0.15, 0.2) is 9.84 Å². The molecule has 1 aliphatic heterocycles. The molecule has 34 heavy (non-hydrogen) atoms. The molecule has 0 aliphatic carbocycles. The van der Waals surface area contributed by atoms with E-state index in [1.165, 1.54) is 6.26 Å². The highest BCUT2D eigenvalue weighted by molar-refractivity contribution is 7.90. The molecule has 1 aliphatic rings. The van der Waals surface area contributed by atoms with E-state index >= 15 is 0 Å². The number of nitrogens with zero attached hydrogens (tertiary/aromatic N) is 1. The van der Waals surface area contributed by atoms with Gasteiger partial charge in [-0.25, -0.2) is 8.42 Å². The maximum Gasteiger partial charge on any atom is 0.290 e. The van der Waals surface area contributed by atoms with E-state index < -0.39 is 9.84 Å². The molecule has 0 spiro atoms. The Morgan fingerprint density at radius 1 is 1.00 bits per heavy atom. The minimum atomic E-state index is -3.26. The van der Waals surface area contributed by atoms with Gasteiger partial charge in [-0.05, 0) is 23.3 Å². The first kappa shape index (κ1) is 21.9. The Bertz CT molecular complexity index is 1440. The Labute approximate surface area is 197 Å². The van der Waals surface area contributed by atoms with Crippen molar-refractivity contribution in [1.29, 1.82) is 0 Å². The van der Waals surface area contributed by atoms with Crippen molar-refractivity contribution in [2.45, 2.75) is 17.4 Å². The van der Waals surface area contributed by atoms with Crippen molar-refractivity contribution < 1.29 is 22.5 Å². The SMILES string of the molecule is CS(=O)(=O)c1ccc(-c2cccc3c2O[C@H](CNC(=O)c2cc(-c4ccccc4)no2)C3)cc1. The molecule has 0 radical (unpaired) electrons. The van der Waals surface area contributed by atoms with Gasteiger partial charge in [0.1, 0.15) is 17.5 Å². The Hall–Kier alpha value is -3.91. The van der Waals surface area contributed by atoms with Crippen molar-refractivity contribution >= 4 is 15.7 Å². The second-order valence-corrected chi connectivity index (χ2v) is 10.2. The highest BCUT2D eigenvalue weighted by Gasteiger charge is 2.27. The predicted molar refractivity (Wildman–Crippen MR) is 127 cm³/mol. The second kappa shape index (κ2) is 8.79. The third-order valence-electron chi connectivity index (χ3n) is 5.72. The largest absolute Gasteiger partial charge is 0.487 e. The van der Waals surface area contributed by atoms with Gasteiger partial charge in [0, 0.05) is 29.9 Å². The first-order valence-corrected chi connectivity index (χ1v) is 12.7. The molecule has 3 aromatic carbocycles. The normalized spacial score (nSPS) is 14.9. The summed E-state index contributed by atoms with van der Waals surface area (Å²) in [5.41, 5.74) is 4.26. The number of sulfone groups is 1. The van der Waals surface area contributed by atoms with Gasteiger partial charge in [-0.2, -0.15) is 0 Å². The standard InChI is InChI=1S/C26H22N2O5S/c1-34(30,31)21-12-10-17(11-13-21)22-9-5-8-19-14-20(32-25(19)22)16-27-26(29)24-15-23(28-33-24)18-6-3-2-4-7-18/h2-13,15,20H,14,16H2,1H3,(H,27,29)/t20-/m0/s1. The summed E-state index contributed by atoms with van der Waals surface area (Å²) in [5, 5.41) is 6.84. The highest BCUT2D eigenvalue weighted by Crippen LogP contribution is 2.39. The summed E-state index contributed by atoms with van der Waals surface area (Å²) in [4.78, 5) is 12.8. The van der Waals surface area contributed by atoms with E-state index in [4.69, 9.17) is 9.26 Å². The zero-order chi connectivity index (χ0) is 23.7. The second-order valence-electron chi connectivity index (χ2n) is 8.19. The molecule has 0 saturated heterocycles. The van der Waals surface area contributed by atoms with E-state index in [0.29, 0.717) is 18.7 Å². The van der Waals surface area contributed by atoms with Crippen molar-refractivity contribution in [1.82, 2.24) is 10.5 Å². The van der Waals surface area contributed by atoms with Crippen LogP contribution in [0, 0.1) is 0 Å². The van der Waals surface area contributed by atoms with Gasteiger partial charge in [0.2, 0.25) is 5.76 Å². The molecular weight excluding hydrogens is 452 g/mol. The molecule has 0 fully saturated rings. The molecule has 1 amide bonds. The smallest absolute Gasteiger partial charge is 0.290 e. The maximum atomic E-state index is 12.6. The van der Waals surface area contributed by atoms with Crippen LogP contribution in [-0.2, 0) is 16.3 Å². The number of benzene rings is 3. The number of para-hydroxylation sites is 1. The van der Waals surface area contributed by atoms with Gasteiger partial charge in [0.25, 0.3) is 5.91 Å². The van der Waals surface area contributed by atoms with Crippen LogP contribution in [0.4, 0.5) is 0 Å². The molecule has 1 aromatic heterocycles. The molecule has 8 heteroatoms. The van der Waals surface area contributed by atoms with Gasteiger partial charge >= 0.3 is 0 Å². The molecule has 0 bridgehead atoms. The molecule has 1 N–H and O–H groups in total. The minimum Gasteiger partial charge on any atom is -0.487 e. The molecule has 5 rings (SSSR count). The van der Waals surface area contributed by atoms with Gasteiger partial charge in [-0.15, -0.1) is 0 Å². The number of fused-ring (bicyclic) bond motifs is 1. The number of amides is 1. The predicted octanol–water partition coefficient (Wildman–Crippen LogP) is 4.15. The number of ether oxygens (including phenoxy) is 1. The fraction of sp³-hybridized carbons (Fsp3) is 0.154. The number of hydrogen-bond acceptors (Lipinski definition) is 6. The zero-order valence-electron chi connectivity index (χ0n) is 18.4. The average Bonchev–Trinajstić information content (AvgIpc) is 3.50. The number of nitrogens with one attached hydrogen (secondary N) is 1. The Morgan fingerprint density at radius 2 is 1.76 bits per heavy atom. The zero-order valence-corrected chi connectivity index (χ0v) is 19.2. The topological polar surface area (TPSA) is 98.5 Å². The monoisotopic (exact) mass is 474 g/mol. The molecule has 0 saturated carbocycles. The first-order valence-electron chi connectivity index (χ1n) is 10.8. The molecule has 0 unspecified atom stereocenters. The molecule has 4 aromatic rings. The molecule has 2 heterocycles. The lowest BCUT2D eigenvalue weighted by Crippen LogP contribution is -2.34. The summed E-state index contributed by atoms with van der Waals surface area (Å²) in [6.07, 6.45) is 1.61. The van der Waals surface area contributed by atoms with Gasteiger partial charge < -0.3 is 14.6 Å². The average molecular weight is 475 g/mol. The van der Waals surface area contributed by atoms with E-state index in [9.17, 15) is 13.2 Å². The van der Waals surface area contributed by atoms with Crippen LogP contribution in [0.15, 0.2) is 88.3 Å². The van der Waals surface area contributed by atoms with Crippen LogP contribution in [0.2, 0.25) is 0 Å². The van der Waals surface area contributed by atoms with E-state index in [0.717, 1.165) is 28.0 Å². The first-order chi connectivity index (χ1) is 16.4. The lowest BCUT2D eigenvalue weighted by Gasteiger charge is -2.13. The van der Waals surface area contributed by atoms with Crippen molar-refractivity contribution in [3.63, 3.8) is 0 Å². The van der Waals surface area contributed by atoms with Gasteiger partial charge in [-0.3, -0.25) is 4.79 Å². The Balaban J connectivity index is 1.25. The van der Waals surface area contributed by atoms with Gasteiger partial charge in [0.05, 0.1) is 11.4 Å². The van der Waals surface area contributed by atoms with Crippen LogP contribution in [0.25, 0.3) is 22.4 Å². The maximum absolute atomic E-state index is 12.6. The third-order valence-corrected chi connectivity index (χ3v) is 6.84. The number of rotatable bonds is 6. The third kappa shape index (κ3) is 4.45. The van der Waals surface area contributed by atoms with Crippen LogP contribution >= 0.6 is 0 Å². The molecule has 1 atom stereocenters. The number of hydrogen-bond donors (Lipinski definition) is 1. The Morgan fingerprint density at radius 3 is 2.50 bits per heavy atom. The summed E-state index contributed by atoms with van der Waals surface area (Å²) >= 11 is 0. The molecule has 7 nitrogen and oxygen atoms in total. The van der Waals surface area contributed by atoms with E-state index in [1.54, 1.807) is 30.3 Å². The van der Waals surface area contributed by atoms with E-state index in [-0.39, 0.29) is 22.7 Å². The highest BCUT2D eigenvalue weighted by atomic mass is 32.2. The van der Waals surface area contributed by atoms with Crippen LogP contribution in [0.1, 0.15) is 16.1 Å². The Kier molecular flexibility index (Phi) is 5.67. The molecular formula is C26H22N2O5S. The summed E-state index contributed by atoms with van der Waals surface area (Å²) < 4.78 is 34.9. The van der Waals surface area contributed by atoms with E-state index in [2.05, 4.69) is 10.5 Å². The van der Waals surface area contributed by atoms with Crippen LogP contribution in [0.5, 0.6) is 5.75 Å². The minimum absolute atomic E-state index is 0.140. The summed E-state index contributed by atoms with van der Waals surface area (Å²) in [7, 11) is -3.26. The fourth-order valence-electron chi connectivity index (χ4n) is 3.98. The molecule has 172 valence electrons. The van der Waals surface area contributed by atoms with Crippen molar-refractivity contribution in [2.75, 3.05) is 12.8 Å². The quantitative estimate of drug-likeness (QED) is 0.451. The fourth-order valence-corrected chi connectivity index (χ4v) is 4.61.